The third-order valence-corrected chi connectivity index (χ3v) is 4.42. The van der Waals surface area contributed by atoms with E-state index in [0.29, 0.717) is 0 Å². The molecule has 1 aliphatic carbocycles. The summed E-state index contributed by atoms with van der Waals surface area (Å²) in [6.45, 7) is 2.34. The lowest BCUT2D eigenvalue weighted by Gasteiger charge is -2.40. The number of hydrogen-bond acceptors (Lipinski definition) is 1. The minimum Gasteiger partial charge on any atom is -0.453 e. The summed E-state index contributed by atoms with van der Waals surface area (Å²) in [7, 11) is 0. The molecule has 0 unspecified atom stereocenters. The largest absolute Gasteiger partial charge is 0.453 e. The Morgan fingerprint density at radius 1 is 1.00 bits per heavy atom. The molecule has 2 aromatic carbocycles. The van der Waals surface area contributed by atoms with Gasteiger partial charge in [-0.05, 0) is 42.0 Å². The van der Waals surface area contributed by atoms with Crippen LogP contribution in [0, 0.1) is 0 Å². The molecule has 2 nitrogen and oxygen atoms in total. The summed E-state index contributed by atoms with van der Waals surface area (Å²) in [5.41, 5.74) is 3.59. The molecule has 1 radical (unpaired) electrons. The summed E-state index contributed by atoms with van der Waals surface area (Å²) in [5, 5.41) is 4.83. The van der Waals surface area contributed by atoms with Crippen LogP contribution in [0.4, 0.5) is 11.4 Å². The van der Waals surface area contributed by atoms with E-state index < -0.39 is 0 Å². The highest BCUT2D eigenvalue weighted by Gasteiger charge is 2.37. The van der Waals surface area contributed by atoms with E-state index in [9.17, 15) is 0 Å². The third-order valence-electron chi connectivity index (χ3n) is 4.42. The Balaban J connectivity index is 1.83. The number of fused-ring (bicyclic) bond motifs is 2. The number of para-hydroxylation sites is 3. The summed E-state index contributed by atoms with van der Waals surface area (Å²) in [6.07, 6.45) is 3.82. The van der Waals surface area contributed by atoms with Crippen molar-refractivity contribution in [1.82, 2.24) is 5.32 Å². The molecule has 95 valence electrons. The van der Waals surface area contributed by atoms with Crippen LogP contribution in [0.3, 0.4) is 0 Å². The van der Waals surface area contributed by atoms with Crippen molar-refractivity contribution in [1.29, 1.82) is 0 Å². The highest BCUT2D eigenvalue weighted by Crippen LogP contribution is 2.51. The van der Waals surface area contributed by atoms with Gasteiger partial charge in [-0.25, -0.2) is 5.32 Å². The quantitative estimate of drug-likeness (QED) is 0.608. The summed E-state index contributed by atoms with van der Waals surface area (Å²) < 4.78 is 5.99. The summed E-state index contributed by atoms with van der Waals surface area (Å²) in [5.74, 6) is 1.75. The second kappa shape index (κ2) is 3.77. The molecule has 19 heavy (non-hydrogen) atoms. The van der Waals surface area contributed by atoms with Gasteiger partial charge in [-0.2, -0.15) is 0 Å². The van der Waals surface area contributed by atoms with Crippen molar-refractivity contribution >= 4 is 11.4 Å². The molecular weight excluding hydrogens is 234 g/mol. The van der Waals surface area contributed by atoms with Gasteiger partial charge in [0, 0.05) is 0 Å². The fraction of sp³-hybridized carbons (Fsp3) is 0.294. The number of ether oxygens (including phenoxy) is 1. The molecule has 4 rings (SSSR count). The smallest absolute Gasteiger partial charge is 0.153 e. The second-order valence-corrected chi connectivity index (χ2v) is 5.75. The second-order valence-electron chi connectivity index (χ2n) is 5.75. The normalized spacial score (nSPS) is 18.4. The molecule has 1 aliphatic heterocycles. The first-order chi connectivity index (χ1) is 9.26. The Labute approximate surface area is 113 Å². The molecule has 2 aliphatic rings. The fourth-order valence-corrected chi connectivity index (χ4v) is 3.06. The zero-order chi connectivity index (χ0) is 12.9. The van der Waals surface area contributed by atoms with E-state index in [0.717, 1.165) is 22.9 Å². The Morgan fingerprint density at radius 3 is 2.58 bits per heavy atom. The number of benzene rings is 2. The van der Waals surface area contributed by atoms with Gasteiger partial charge in [0.15, 0.2) is 11.5 Å². The van der Waals surface area contributed by atoms with Crippen LogP contribution < -0.4 is 10.1 Å². The monoisotopic (exact) mass is 250 g/mol. The fourth-order valence-electron chi connectivity index (χ4n) is 3.06. The summed E-state index contributed by atoms with van der Waals surface area (Å²) >= 11 is 0. The molecular formula is C17H16NO. The van der Waals surface area contributed by atoms with Crippen molar-refractivity contribution in [3.63, 3.8) is 0 Å². The molecule has 0 spiro atoms. The van der Waals surface area contributed by atoms with Crippen molar-refractivity contribution in [2.24, 2.45) is 0 Å². The summed E-state index contributed by atoms with van der Waals surface area (Å²) in [4.78, 5) is 0. The van der Waals surface area contributed by atoms with Gasteiger partial charge < -0.3 is 4.74 Å². The van der Waals surface area contributed by atoms with Crippen LogP contribution in [0.1, 0.15) is 31.7 Å². The minimum atomic E-state index is 0.282. The van der Waals surface area contributed by atoms with E-state index >= 15 is 0 Å². The predicted octanol–water partition coefficient (Wildman–Crippen LogP) is 4.80. The molecule has 2 heteroatoms. The van der Waals surface area contributed by atoms with E-state index in [1.165, 1.54) is 24.8 Å². The van der Waals surface area contributed by atoms with Crippen molar-refractivity contribution < 1.29 is 4.74 Å². The van der Waals surface area contributed by atoms with Gasteiger partial charge in [0.05, 0.1) is 0 Å². The average molecular weight is 250 g/mol. The van der Waals surface area contributed by atoms with Crippen molar-refractivity contribution in [3.05, 3.63) is 48.0 Å². The Hall–Kier alpha value is -1.96. The van der Waals surface area contributed by atoms with Crippen LogP contribution in [0.25, 0.3) is 0 Å². The van der Waals surface area contributed by atoms with Crippen molar-refractivity contribution in [3.8, 4) is 11.5 Å². The lowest BCUT2D eigenvalue weighted by atomic mass is 9.65. The van der Waals surface area contributed by atoms with Crippen LogP contribution in [0.2, 0.25) is 0 Å². The van der Waals surface area contributed by atoms with E-state index in [-0.39, 0.29) is 5.41 Å². The van der Waals surface area contributed by atoms with Gasteiger partial charge in [-0.1, -0.05) is 37.6 Å². The highest BCUT2D eigenvalue weighted by molar-refractivity contribution is 5.71. The first kappa shape index (κ1) is 10.9. The van der Waals surface area contributed by atoms with Gasteiger partial charge in [0.25, 0.3) is 0 Å². The van der Waals surface area contributed by atoms with Crippen LogP contribution >= 0.6 is 0 Å². The number of nitrogens with zero attached hydrogens (tertiary/aromatic N) is 1. The van der Waals surface area contributed by atoms with Crippen molar-refractivity contribution in [2.75, 3.05) is 0 Å². The van der Waals surface area contributed by atoms with Crippen molar-refractivity contribution in [2.45, 2.75) is 31.6 Å². The van der Waals surface area contributed by atoms with Gasteiger partial charge >= 0.3 is 0 Å². The molecule has 0 atom stereocenters. The third kappa shape index (κ3) is 1.56. The predicted molar refractivity (Wildman–Crippen MR) is 75.6 cm³/mol. The van der Waals surface area contributed by atoms with E-state index in [2.05, 4.69) is 19.1 Å². The maximum absolute atomic E-state index is 5.99. The van der Waals surface area contributed by atoms with Crippen LogP contribution in [0.15, 0.2) is 42.5 Å². The summed E-state index contributed by atoms with van der Waals surface area (Å²) in [6, 6.07) is 14.3. The van der Waals surface area contributed by atoms with E-state index in [4.69, 9.17) is 10.1 Å². The lowest BCUT2D eigenvalue weighted by Crippen LogP contribution is -2.31. The molecule has 0 saturated heterocycles. The number of rotatable bonds is 1. The zero-order valence-corrected chi connectivity index (χ0v) is 11.0. The lowest BCUT2D eigenvalue weighted by molar-refractivity contribution is 0.271. The Kier molecular flexibility index (Phi) is 2.16. The first-order valence-electron chi connectivity index (χ1n) is 6.88. The van der Waals surface area contributed by atoms with Gasteiger partial charge in [-0.3, -0.25) is 0 Å². The Bertz CT molecular complexity index is 643. The Morgan fingerprint density at radius 2 is 1.79 bits per heavy atom. The molecule has 0 bridgehead atoms. The van der Waals surface area contributed by atoms with Gasteiger partial charge in [-0.15, -0.1) is 0 Å². The molecule has 1 saturated carbocycles. The molecule has 0 aromatic heterocycles. The van der Waals surface area contributed by atoms with Gasteiger partial charge in [0.1, 0.15) is 11.4 Å². The standard InChI is InChI=1S/C17H16NO/c1-17(10-5-11-17)12-6-4-9-15-16(12)18-13-7-2-3-8-14(13)19-15/h2-4,6-9H,5,10-11H2,1H3. The molecule has 0 amide bonds. The SMILES string of the molecule is CC1(c2cccc3c2[N]c2ccccc2O3)CCC1. The van der Waals surface area contributed by atoms with Crippen LogP contribution in [-0.4, -0.2) is 0 Å². The topological polar surface area (TPSA) is 23.3 Å². The molecule has 1 fully saturated rings. The zero-order valence-electron chi connectivity index (χ0n) is 11.0. The minimum absolute atomic E-state index is 0.282. The molecule has 0 N–H and O–H groups in total. The van der Waals surface area contributed by atoms with Crippen LogP contribution in [-0.2, 0) is 5.41 Å². The highest BCUT2D eigenvalue weighted by atomic mass is 16.5. The van der Waals surface area contributed by atoms with E-state index in [1.54, 1.807) is 0 Å². The first-order valence-corrected chi connectivity index (χ1v) is 6.88. The van der Waals surface area contributed by atoms with Gasteiger partial charge in [0.2, 0.25) is 0 Å². The average Bonchev–Trinajstić information content (AvgIpc) is 2.42. The maximum atomic E-state index is 5.99. The van der Waals surface area contributed by atoms with Crippen LogP contribution in [0.5, 0.6) is 11.5 Å². The molecule has 1 heterocycles. The van der Waals surface area contributed by atoms with E-state index in [1.807, 2.05) is 30.3 Å². The number of hydrogen-bond donors (Lipinski definition) is 0. The molecule has 2 aromatic rings. The maximum Gasteiger partial charge on any atom is 0.153 e.